The Morgan fingerprint density at radius 3 is 2.48 bits per heavy atom. The van der Waals surface area contributed by atoms with Crippen molar-refractivity contribution in [2.45, 2.75) is 13.8 Å². The number of pyridine rings is 1. The standard InChI is InChI=1S/C20H23ClN4O2/c1-3-24-9-11-25(12-10-24)20(27)18-6-4-5-17(23-18)19(26)22-15-8-7-14(2)16(21)13-15/h4-8,13H,3,9-12H2,1-2H3,(H,22,26). The zero-order valence-corrected chi connectivity index (χ0v) is 16.3. The normalized spacial score (nSPS) is 14.9. The van der Waals surface area contributed by atoms with E-state index in [1.807, 2.05) is 13.0 Å². The number of aromatic nitrogens is 1. The second-order valence-electron chi connectivity index (χ2n) is 6.55. The van der Waals surface area contributed by atoms with Crippen LogP contribution in [-0.4, -0.2) is 59.3 Å². The van der Waals surface area contributed by atoms with E-state index >= 15 is 0 Å². The number of hydrogen-bond donors (Lipinski definition) is 1. The van der Waals surface area contributed by atoms with Crippen LogP contribution in [0.5, 0.6) is 0 Å². The molecule has 2 heterocycles. The topological polar surface area (TPSA) is 65.5 Å². The quantitative estimate of drug-likeness (QED) is 0.877. The van der Waals surface area contributed by atoms with Crippen LogP contribution in [0.2, 0.25) is 5.02 Å². The molecule has 27 heavy (non-hydrogen) atoms. The van der Waals surface area contributed by atoms with Crippen molar-refractivity contribution in [1.29, 1.82) is 0 Å². The lowest BCUT2D eigenvalue weighted by molar-refractivity contribution is 0.0637. The number of piperazine rings is 1. The molecular weight excluding hydrogens is 364 g/mol. The van der Waals surface area contributed by atoms with Crippen LogP contribution in [0.25, 0.3) is 0 Å². The zero-order chi connectivity index (χ0) is 19.4. The molecule has 1 aromatic heterocycles. The van der Waals surface area contributed by atoms with Crippen molar-refractivity contribution in [2.24, 2.45) is 0 Å². The first-order valence-corrected chi connectivity index (χ1v) is 9.42. The summed E-state index contributed by atoms with van der Waals surface area (Å²) in [6, 6.07) is 10.2. The van der Waals surface area contributed by atoms with Crippen molar-refractivity contribution in [1.82, 2.24) is 14.8 Å². The minimum Gasteiger partial charge on any atom is -0.335 e. The molecule has 0 saturated carbocycles. The molecule has 0 aliphatic carbocycles. The molecule has 1 aromatic carbocycles. The fraction of sp³-hybridized carbons (Fsp3) is 0.350. The fourth-order valence-electron chi connectivity index (χ4n) is 2.98. The molecule has 3 rings (SSSR count). The summed E-state index contributed by atoms with van der Waals surface area (Å²) in [6.07, 6.45) is 0. The highest BCUT2D eigenvalue weighted by Gasteiger charge is 2.23. The largest absolute Gasteiger partial charge is 0.335 e. The monoisotopic (exact) mass is 386 g/mol. The maximum atomic E-state index is 12.7. The molecule has 2 amide bonds. The highest BCUT2D eigenvalue weighted by molar-refractivity contribution is 6.31. The summed E-state index contributed by atoms with van der Waals surface area (Å²) >= 11 is 6.10. The Morgan fingerprint density at radius 2 is 1.81 bits per heavy atom. The number of anilines is 1. The highest BCUT2D eigenvalue weighted by Crippen LogP contribution is 2.20. The summed E-state index contributed by atoms with van der Waals surface area (Å²) in [7, 11) is 0. The van der Waals surface area contributed by atoms with Crippen LogP contribution in [0, 0.1) is 6.92 Å². The molecule has 1 aliphatic rings. The summed E-state index contributed by atoms with van der Waals surface area (Å²) in [5, 5.41) is 3.35. The van der Waals surface area contributed by atoms with E-state index in [1.54, 1.807) is 35.2 Å². The number of aryl methyl sites for hydroxylation is 1. The number of carbonyl (C=O) groups excluding carboxylic acids is 2. The molecule has 142 valence electrons. The number of nitrogens with one attached hydrogen (secondary N) is 1. The van der Waals surface area contributed by atoms with Crippen LogP contribution in [0.15, 0.2) is 36.4 Å². The third-order valence-electron chi connectivity index (χ3n) is 4.74. The summed E-state index contributed by atoms with van der Waals surface area (Å²) in [5.41, 5.74) is 2.01. The molecule has 0 unspecified atom stereocenters. The van der Waals surface area contributed by atoms with Gasteiger partial charge in [-0.1, -0.05) is 30.7 Å². The minimum atomic E-state index is -0.375. The van der Waals surface area contributed by atoms with Crippen molar-refractivity contribution >= 4 is 29.1 Å². The number of halogens is 1. The van der Waals surface area contributed by atoms with Gasteiger partial charge in [0, 0.05) is 36.9 Å². The number of hydrogen-bond acceptors (Lipinski definition) is 4. The second-order valence-corrected chi connectivity index (χ2v) is 6.96. The van der Waals surface area contributed by atoms with Gasteiger partial charge in [0.2, 0.25) is 0 Å². The molecule has 6 nitrogen and oxygen atoms in total. The number of carbonyl (C=O) groups is 2. The van der Waals surface area contributed by atoms with Crippen molar-refractivity contribution in [3.8, 4) is 0 Å². The van der Waals surface area contributed by atoms with Gasteiger partial charge in [0.15, 0.2) is 0 Å². The molecule has 1 N–H and O–H groups in total. The highest BCUT2D eigenvalue weighted by atomic mass is 35.5. The number of rotatable bonds is 4. The van der Waals surface area contributed by atoms with Crippen LogP contribution in [-0.2, 0) is 0 Å². The average molecular weight is 387 g/mol. The maximum absolute atomic E-state index is 12.7. The molecule has 7 heteroatoms. The molecule has 2 aromatic rings. The van der Waals surface area contributed by atoms with Gasteiger partial charge in [-0.2, -0.15) is 0 Å². The molecule has 1 fully saturated rings. The Kier molecular flexibility index (Phi) is 6.08. The zero-order valence-electron chi connectivity index (χ0n) is 15.5. The van der Waals surface area contributed by atoms with E-state index in [9.17, 15) is 9.59 Å². The summed E-state index contributed by atoms with van der Waals surface area (Å²) in [6.45, 7) is 8.05. The SMILES string of the molecule is CCN1CCN(C(=O)c2cccc(C(=O)Nc3ccc(C)c(Cl)c3)n2)CC1. The smallest absolute Gasteiger partial charge is 0.274 e. The Bertz CT molecular complexity index is 848. The Morgan fingerprint density at radius 1 is 1.11 bits per heavy atom. The predicted molar refractivity (Wildman–Crippen MR) is 106 cm³/mol. The van der Waals surface area contributed by atoms with E-state index in [-0.39, 0.29) is 23.2 Å². The van der Waals surface area contributed by atoms with Crippen molar-refractivity contribution in [2.75, 3.05) is 38.0 Å². The average Bonchev–Trinajstić information content (AvgIpc) is 2.70. The first-order valence-electron chi connectivity index (χ1n) is 9.04. The van der Waals surface area contributed by atoms with E-state index in [0.717, 1.165) is 25.2 Å². The van der Waals surface area contributed by atoms with Gasteiger partial charge >= 0.3 is 0 Å². The van der Waals surface area contributed by atoms with Gasteiger partial charge in [-0.15, -0.1) is 0 Å². The molecule has 1 saturated heterocycles. The molecule has 0 radical (unpaired) electrons. The molecule has 0 bridgehead atoms. The second kappa shape index (κ2) is 8.50. The molecule has 0 spiro atoms. The third-order valence-corrected chi connectivity index (χ3v) is 5.14. The van der Waals surface area contributed by atoms with Crippen molar-refractivity contribution < 1.29 is 9.59 Å². The van der Waals surface area contributed by atoms with Gasteiger partial charge in [-0.25, -0.2) is 4.98 Å². The van der Waals surface area contributed by atoms with Gasteiger partial charge < -0.3 is 15.1 Å². The summed E-state index contributed by atoms with van der Waals surface area (Å²) in [5.74, 6) is -0.515. The molecule has 0 atom stereocenters. The van der Waals surface area contributed by atoms with Gasteiger partial charge in [-0.3, -0.25) is 9.59 Å². The number of likely N-dealkylation sites (N-methyl/N-ethyl adjacent to an activating group) is 1. The van der Waals surface area contributed by atoms with Gasteiger partial charge in [0.1, 0.15) is 11.4 Å². The van der Waals surface area contributed by atoms with Crippen LogP contribution in [0.1, 0.15) is 33.5 Å². The summed E-state index contributed by atoms with van der Waals surface area (Å²) < 4.78 is 0. The van der Waals surface area contributed by atoms with Gasteiger partial charge in [0.05, 0.1) is 0 Å². The van der Waals surface area contributed by atoms with E-state index < -0.39 is 0 Å². The Labute approximate surface area is 164 Å². The predicted octanol–water partition coefficient (Wildman–Crippen LogP) is 3.07. The van der Waals surface area contributed by atoms with Crippen molar-refractivity contribution in [3.63, 3.8) is 0 Å². The van der Waals surface area contributed by atoms with Crippen LogP contribution < -0.4 is 5.32 Å². The molecular formula is C20H23ClN4O2. The Balaban J connectivity index is 1.70. The van der Waals surface area contributed by atoms with E-state index in [1.165, 1.54) is 0 Å². The lowest BCUT2D eigenvalue weighted by atomic mass is 10.2. The lowest BCUT2D eigenvalue weighted by Gasteiger charge is -2.33. The lowest BCUT2D eigenvalue weighted by Crippen LogP contribution is -2.48. The van der Waals surface area contributed by atoms with E-state index in [4.69, 9.17) is 11.6 Å². The third kappa shape index (κ3) is 4.64. The maximum Gasteiger partial charge on any atom is 0.274 e. The van der Waals surface area contributed by atoms with Gasteiger partial charge in [0.25, 0.3) is 11.8 Å². The molecule has 1 aliphatic heterocycles. The number of nitrogens with zero attached hydrogens (tertiary/aromatic N) is 3. The minimum absolute atomic E-state index is 0.140. The van der Waals surface area contributed by atoms with Gasteiger partial charge in [-0.05, 0) is 43.3 Å². The van der Waals surface area contributed by atoms with Crippen LogP contribution >= 0.6 is 11.6 Å². The fourth-order valence-corrected chi connectivity index (χ4v) is 3.16. The number of amides is 2. The van der Waals surface area contributed by atoms with E-state index in [2.05, 4.69) is 22.1 Å². The summed E-state index contributed by atoms with van der Waals surface area (Å²) in [4.78, 5) is 33.6. The first-order chi connectivity index (χ1) is 13.0. The first kappa shape index (κ1) is 19.3. The Hall–Kier alpha value is -2.44. The van der Waals surface area contributed by atoms with Crippen LogP contribution in [0.3, 0.4) is 0 Å². The van der Waals surface area contributed by atoms with E-state index in [0.29, 0.717) is 23.8 Å². The van der Waals surface area contributed by atoms with Crippen LogP contribution in [0.4, 0.5) is 5.69 Å². The number of benzene rings is 1. The van der Waals surface area contributed by atoms with Crippen molar-refractivity contribution in [3.05, 3.63) is 58.4 Å².